The third-order valence-corrected chi connectivity index (χ3v) is 5.14. The van der Waals surface area contributed by atoms with Gasteiger partial charge in [-0.05, 0) is 36.8 Å². The third-order valence-electron chi connectivity index (χ3n) is 3.87. The first-order valence-electron chi connectivity index (χ1n) is 8.32. The van der Waals surface area contributed by atoms with E-state index in [2.05, 4.69) is 5.32 Å². The molecule has 0 aromatic heterocycles. The van der Waals surface area contributed by atoms with Crippen LogP contribution in [-0.4, -0.2) is 11.7 Å². The molecule has 130 valence electrons. The van der Waals surface area contributed by atoms with Gasteiger partial charge in [0.05, 0.1) is 0 Å². The fourth-order valence-electron chi connectivity index (χ4n) is 2.56. The SMILES string of the molecule is CC(=O)c1cccc(NC(=O)C(Sc2ccccc2)c2ccccc2)c1. The molecule has 4 heteroatoms. The lowest BCUT2D eigenvalue weighted by Crippen LogP contribution is -2.19. The van der Waals surface area contributed by atoms with Gasteiger partial charge < -0.3 is 5.32 Å². The Labute approximate surface area is 157 Å². The molecule has 1 N–H and O–H groups in total. The van der Waals surface area contributed by atoms with Crippen LogP contribution in [0, 0.1) is 0 Å². The standard InChI is InChI=1S/C22H19NO2S/c1-16(24)18-11-8-12-19(15-18)23-22(25)21(17-9-4-2-5-10-17)26-20-13-6-3-7-14-20/h2-15,21H,1H3,(H,23,25). The lowest BCUT2D eigenvalue weighted by atomic mass is 10.1. The molecule has 3 rings (SSSR count). The highest BCUT2D eigenvalue weighted by atomic mass is 32.2. The average molecular weight is 361 g/mol. The number of ketones is 1. The zero-order valence-corrected chi connectivity index (χ0v) is 15.2. The zero-order chi connectivity index (χ0) is 18.4. The van der Waals surface area contributed by atoms with E-state index in [4.69, 9.17) is 0 Å². The quantitative estimate of drug-likeness (QED) is 0.475. The van der Waals surface area contributed by atoms with Gasteiger partial charge in [0.2, 0.25) is 5.91 Å². The fraction of sp³-hybridized carbons (Fsp3) is 0.0909. The van der Waals surface area contributed by atoms with Gasteiger partial charge in [-0.2, -0.15) is 0 Å². The number of hydrogen-bond donors (Lipinski definition) is 1. The van der Waals surface area contributed by atoms with Gasteiger partial charge in [0.15, 0.2) is 5.78 Å². The van der Waals surface area contributed by atoms with Crippen molar-refractivity contribution in [3.63, 3.8) is 0 Å². The third kappa shape index (κ3) is 4.61. The van der Waals surface area contributed by atoms with Crippen LogP contribution in [0.2, 0.25) is 0 Å². The Morgan fingerprint density at radius 1 is 0.846 bits per heavy atom. The smallest absolute Gasteiger partial charge is 0.242 e. The Morgan fingerprint density at radius 2 is 1.50 bits per heavy atom. The molecule has 3 nitrogen and oxygen atoms in total. The van der Waals surface area contributed by atoms with E-state index < -0.39 is 0 Å². The van der Waals surface area contributed by atoms with E-state index >= 15 is 0 Å². The first-order valence-corrected chi connectivity index (χ1v) is 9.20. The van der Waals surface area contributed by atoms with Crippen LogP contribution < -0.4 is 5.32 Å². The topological polar surface area (TPSA) is 46.2 Å². The maximum atomic E-state index is 13.0. The van der Waals surface area contributed by atoms with E-state index in [0.29, 0.717) is 11.3 Å². The second-order valence-corrected chi connectivity index (χ2v) is 7.03. The molecular formula is C22H19NO2S. The van der Waals surface area contributed by atoms with Crippen molar-refractivity contribution in [2.45, 2.75) is 17.1 Å². The molecule has 3 aromatic carbocycles. The first-order chi connectivity index (χ1) is 12.6. The van der Waals surface area contributed by atoms with Crippen LogP contribution in [0.15, 0.2) is 89.8 Å². The summed E-state index contributed by atoms with van der Waals surface area (Å²) in [4.78, 5) is 25.6. The molecule has 26 heavy (non-hydrogen) atoms. The van der Waals surface area contributed by atoms with E-state index in [0.717, 1.165) is 10.5 Å². The van der Waals surface area contributed by atoms with Gasteiger partial charge in [0.25, 0.3) is 0 Å². The number of rotatable bonds is 6. The van der Waals surface area contributed by atoms with Gasteiger partial charge in [-0.15, -0.1) is 11.8 Å². The van der Waals surface area contributed by atoms with Crippen LogP contribution in [0.1, 0.15) is 28.1 Å². The molecule has 0 aliphatic carbocycles. The summed E-state index contributed by atoms with van der Waals surface area (Å²) in [6.07, 6.45) is 0. The molecular weight excluding hydrogens is 342 g/mol. The predicted octanol–water partition coefficient (Wildman–Crippen LogP) is 5.36. The molecule has 1 amide bonds. The lowest BCUT2D eigenvalue weighted by molar-refractivity contribution is -0.115. The van der Waals surface area contributed by atoms with Crippen LogP contribution in [0.5, 0.6) is 0 Å². The number of thioether (sulfide) groups is 1. The number of carbonyl (C=O) groups excluding carboxylic acids is 2. The van der Waals surface area contributed by atoms with Crippen LogP contribution >= 0.6 is 11.8 Å². The maximum Gasteiger partial charge on any atom is 0.242 e. The van der Waals surface area contributed by atoms with Gasteiger partial charge in [-0.25, -0.2) is 0 Å². The second kappa shape index (κ2) is 8.50. The fourth-order valence-corrected chi connectivity index (χ4v) is 3.61. The van der Waals surface area contributed by atoms with Gasteiger partial charge in [0, 0.05) is 16.1 Å². The van der Waals surface area contributed by atoms with E-state index in [9.17, 15) is 9.59 Å². The lowest BCUT2D eigenvalue weighted by Gasteiger charge is -2.17. The normalized spacial score (nSPS) is 11.6. The summed E-state index contributed by atoms with van der Waals surface area (Å²) < 4.78 is 0. The molecule has 0 spiro atoms. The van der Waals surface area contributed by atoms with E-state index in [1.165, 1.54) is 18.7 Å². The number of nitrogens with one attached hydrogen (secondary N) is 1. The summed E-state index contributed by atoms with van der Waals surface area (Å²) >= 11 is 1.50. The van der Waals surface area contributed by atoms with Crippen molar-refractivity contribution in [3.05, 3.63) is 96.1 Å². The van der Waals surface area contributed by atoms with E-state index in [-0.39, 0.29) is 16.9 Å². The summed E-state index contributed by atoms with van der Waals surface area (Å²) in [5.74, 6) is -0.148. The molecule has 1 atom stereocenters. The Balaban J connectivity index is 1.85. The van der Waals surface area contributed by atoms with Crippen molar-refractivity contribution < 1.29 is 9.59 Å². The summed E-state index contributed by atoms with van der Waals surface area (Å²) in [6, 6.07) is 26.5. The van der Waals surface area contributed by atoms with Crippen molar-refractivity contribution >= 4 is 29.1 Å². The maximum absolute atomic E-state index is 13.0. The van der Waals surface area contributed by atoms with Crippen molar-refractivity contribution in [2.75, 3.05) is 5.32 Å². The minimum Gasteiger partial charge on any atom is -0.325 e. The van der Waals surface area contributed by atoms with Gasteiger partial charge in [0.1, 0.15) is 5.25 Å². The molecule has 0 saturated carbocycles. The second-order valence-electron chi connectivity index (χ2n) is 5.85. The highest BCUT2D eigenvalue weighted by Gasteiger charge is 2.22. The highest BCUT2D eigenvalue weighted by molar-refractivity contribution is 8.00. The van der Waals surface area contributed by atoms with Crippen LogP contribution in [0.4, 0.5) is 5.69 Å². The first kappa shape index (κ1) is 18.0. The van der Waals surface area contributed by atoms with Crippen LogP contribution in [0.3, 0.4) is 0 Å². The summed E-state index contributed by atoms with van der Waals surface area (Å²) in [5.41, 5.74) is 2.13. The molecule has 0 radical (unpaired) electrons. The van der Waals surface area contributed by atoms with E-state index in [1.54, 1.807) is 24.3 Å². The molecule has 3 aromatic rings. The summed E-state index contributed by atoms with van der Waals surface area (Å²) in [6.45, 7) is 1.51. The van der Waals surface area contributed by atoms with Crippen molar-refractivity contribution in [3.8, 4) is 0 Å². The molecule has 0 heterocycles. The number of amides is 1. The van der Waals surface area contributed by atoms with Crippen molar-refractivity contribution in [1.82, 2.24) is 0 Å². The van der Waals surface area contributed by atoms with Gasteiger partial charge in [-0.1, -0.05) is 60.7 Å². The van der Waals surface area contributed by atoms with Crippen LogP contribution in [-0.2, 0) is 4.79 Å². The predicted molar refractivity (Wildman–Crippen MR) is 107 cm³/mol. The molecule has 0 aliphatic heterocycles. The molecule has 0 aliphatic rings. The number of benzene rings is 3. The Bertz CT molecular complexity index is 894. The monoisotopic (exact) mass is 361 g/mol. The summed E-state index contributed by atoms with van der Waals surface area (Å²) in [5, 5.41) is 2.55. The minimum atomic E-state index is -0.389. The highest BCUT2D eigenvalue weighted by Crippen LogP contribution is 2.36. The Morgan fingerprint density at radius 3 is 2.15 bits per heavy atom. The number of Topliss-reactive ketones (excluding diaryl/α,β-unsaturated/α-hetero) is 1. The zero-order valence-electron chi connectivity index (χ0n) is 14.4. The molecule has 0 bridgehead atoms. The van der Waals surface area contributed by atoms with Gasteiger partial charge >= 0.3 is 0 Å². The summed E-state index contributed by atoms with van der Waals surface area (Å²) in [7, 11) is 0. The molecule has 1 unspecified atom stereocenters. The number of hydrogen-bond acceptors (Lipinski definition) is 3. The average Bonchev–Trinajstić information content (AvgIpc) is 2.67. The van der Waals surface area contributed by atoms with Gasteiger partial charge in [-0.3, -0.25) is 9.59 Å². The Hall–Kier alpha value is -2.85. The van der Waals surface area contributed by atoms with Crippen LogP contribution in [0.25, 0.3) is 0 Å². The number of carbonyl (C=O) groups is 2. The minimum absolute atomic E-state index is 0.0284. The van der Waals surface area contributed by atoms with Crippen molar-refractivity contribution in [2.24, 2.45) is 0 Å². The van der Waals surface area contributed by atoms with E-state index in [1.807, 2.05) is 60.7 Å². The molecule has 0 fully saturated rings. The van der Waals surface area contributed by atoms with Crippen molar-refractivity contribution in [1.29, 1.82) is 0 Å². The molecule has 0 saturated heterocycles. The Kier molecular flexibility index (Phi) is 5.87. The number of anilines is 1. The largest absolute Gasteiger partial charge is 0.325 e.